The van der Waals surface area contributed by atoms with Crippen LogP contribution >= 0.6 is 0 Å². The smallest absolute Gasteiger partial charge is 0.220 e. The van der Waals surface area contributed by atoms with E-state index in [0.29, 0.717) is 6.42 Å². The Morgan fingerprint density at radius 1 is 1.17 bits per heavy atom. The van der Waals surface area contributed by atoms with Crippen molar-refractivity contribution in [2.24, 2.45) is 7.05 Å². The van der Waals surface area contributed by atoms with Crippen molar-refractivity contribution in [1.82, 2.24) is 14.8 Å². The standard InChI is InChI=1S/C19H27N3O/c1-21-13-9-17-15-16(5-7-18(17)21)6-8-19(23)20-10-14-22-11-3-2-4-12-22/h5,7,9,13,15H,2-4,6,8,10-12,14H2,1H3,(H,20,23). The number of aryl methyl sites for hydroxylation is 2. The zero-order valence-electron chi connectivity index (χ0n) is 14.1. The zero-order chi connectivity index (χ0) is 16.1. The van der Waals surface area contributed by atoms with Crippen molar-refractivity contribution in [1.29, 1.82) is 0 Å². The van der Waals surface area contributed by atoms with Gasteiger partial charge in [0.1, 0.15) is 0 Å². The summed E-state index contributed by atoms with van der Waals surface area (Å²) in [5.74, 6) is 0.162. The Kier molecular flexibility index (Phi) is 5.34. The fourth-order valence-electron chi connectivity index (χ4n) is 3.37. The van der Waals surface area contributed by atoms with Crippen LogP contribution < -0.4 is 5.32 Å². The number of nitrogens with one attached hydrogen (secondary N) is 1. The van der Waals surface area contributed by atoms with E-state index in [1.54, 1.807) is 0 Å². The average molecular weight is 313 g/mol. The summed E-state index contributed by atoms with van der Waals surface area (Å²) in [5, 5.41) is 4.30. The third-order valence-corrected chi connectivity index (χ3v) is 4.79. The minimum Gasteiger partial charge on any atom is -0.355 e. The number of hydrogen-bond donors (Lipinski definition) is 1. The summed E-state index contributed by atoms with van der Waals surface area (Å²) < 4.78 is 2.12. The molecule has 1 saturated heterocycles. The van der Waals surface area contributed by atoms with E-state index in [2.05, 4.69) is 52.3 Å². The molecule has 2 heterocycles. The summed E-state index contributed by atoms with van der Waals surface area (Å²) in [5.41, 5.74) is 2.47. The van der Waals surface area contributed by atoms with Crippen LogP contribution in [-0.2, 0) is 18.3 Å². The number of carbonyl (C=O) groups is 1. The van der Waals surface area contributed by atoms with Crippen molar-refractivity contribution >= 4 is 16.8 Å². The van der Waals surface area contributed by atoms with Crippen LogP contribution in [0.1, 0.15) is 31.2 Å². The molecule has 1 aliphatic rings. The SMILES string of the molecule is Cn1ccc2cc(CCC(=O)NCCN3CCCCC3)ccc21. The van der Waals surface area contributed by atoms with E-state index in [-0.39, 0.29) is 5.91 Å². The van der Waals surface area contributed by atoms with E-state index in [4.69, 9.17) is 0 Å². The molecule has 23 heavy (non-hydrogen) atoms. The third kappa shape index (κ3) is 4.35. The van der Waals surface area contributed by atoms with Crippen LogP contribution in [0.15, 0.2) is 30.5 Å². The molecule has 1 aliphatic heterocycles. The predicted molar refractivity (Wildman–Crippen MR) is 94.5 cm³/mol. The van der Waals surface area contributed by atoms with Crippen molar-refractivity contribution < 1.29 is 4.79 Å². The Morgan fingerprint density at radius 3 is 2.83 bits per heavy atom. The Hall–Kier alpha value is -1.81. The molecule has 1 N–H and O–H groups in total. The molecule has 1 aromatic carbocycles. The third-order valence-electron chi connectivity index (χ3n) is 4.79. The van der Waals surface area contributed by atoms with Gasteiger partial charge in [-0.15, -0.1) is 0 Å². The van der Waals surface area contributed by atoms with E-state index in [0.717, 1.165) is 19.5 Å². The van der Waals surface area contributed by atoms with E-state index < -0.39 is 0 Å². The van der Waals surface area contributed by atoms with Crippen molar-refractivity contribution in [3.63, 3.8) is 0 Å². The highest BCUT2D eigenvalue weighted by Crippen LogP contribution is 2.17. The van der Waals surface area contributed by atoms with Crippen LogP contribution in [0, 0.1) is 0 Å². The van der Waals surface area contributed by atoms with Crippen molar-refractivity contribution in [2.45, 2.75) is 32.1 Å². The number of amides is 1. The van der Waals surface area contributed by atoms with Gasteiger partial charge >= 0.3 is 0 Å². The largest absolute Gasteiger partial charge is 0.355 e. The molecule has 0 aliphatic carbocycles. The van der Waals surface area contributed by atoms with Gasteiger partial charge in [-0.25, -0.2) is 0 Å². The molecule has 1 amide bonds. The Morgan fingerprint density at radius 2 is 2.00 bits per heavy atom. The molecule has 2 aromatic rings. The summed E-state index contributed by atoms with van der Waals surface area (Å²) in [7, 11) is 2.05. The molecule has 0 spiro atoms. The Labute approximate surface area is 138 Å². The summed E-state index contributed by atoms with van der Waals surface area (Å²) >= 11 is 0. The number of fused-ring (bicyclic) bond motifs is 1. The van der Waals surface area contributed by atoms with E-state index in [1.165, 1.54) is 48.8 Å². The van der Waals surface area contributed by atoms with Crippen LogP contribution in [-0.4, -0.2) is 41.6 Å². The van der Waals surface area contributed by atoms with Crippen molar-refractivity contribution in [2.75, 3.05) is 26.2 Å². The minimum absolute atomic E-state index is 0.162. The summed E-state index contributed by atoms with van der Waals surface area (Å²) in [4.78, 5) is 14.4. The molecule has 0 atom stereocenters. The minimum atomic E-state index is 0.162. The summed E-state index contributed by atoms with van der Waals surface area (Å²) in [6, 6.07) is 8.58. The second-order valence-corrected chi connectivity index (χ2v) is 6.57. The van der Waals surface area contributed by atoms with Crippen LogP contribution in [0.3, 0.4) is 0 Å². The van der Waals surface area contributed by atoms with Crippen molar-refractivity contribution in [3.05, 3.63) is 36.0 Å². The van der Waals surface area contributed by atoms with Crippen molar-refractivity contribution in [3.8, 4) is 0 Å². The number of hydrogen-bond acceptors (Lipinski definition) is 2. The maximum Gasteiger partial charge on any atom is 0.220 e. The molecular formula is C19H27N3O. The second-order valence-electron chi connectivity index (χ2n) is 6.57. The molecular weight excluding hydrogens is 286 g/mol. The average Bonchev–Trinajstić information content (AvgIpc) is 2.95. The molecule has 1 fully saturated rings. The summed E-state index contributed by atoms with van der Waals surface area (Å²) in [6.45, 7) is 4.14. The molecule has 0 unspecified atom stereocenters. The fraction of sp³-hybridized carbons (Fsp3) is 0.526. The van der Waals surface area contributed by atoms with Gasteiger partial charge in [-0.2, -0.15) is 0 Å². The number of likely N-dealkylation sites (tertiary alicyclic amines) is 1. The normalized spacial score (nSPS) is 15.9. The maximum atomic E-state index is 12.0. The lowest BCUT2D eigenvalue weighted by Gasteiger charge is -2.26. The lowest BCUT2D eigenvalue weighted by molar-refractivity contribution is -0.121. The first kappa shape index (κ1) is 16.1. The van der Waals surface area contributed by atoms with Gasteiger partial charge in [0, 0.05) is 38.3 Å². The topological polar surface area (TPSA) is 37.3 Å². The number of aromatic nitrogens is 1. The highest BCUT2D eigenvalue weighted by Gasteiger charge is 2.10. The van der Waals surface area contributed by atoms with Gasteiger partial charge < -0.3 is 14.8 Å². The fourth-order valence-corrected chi connectivity index (χ4v) is 3.37. The quantitative estimate of drug-likeness (QED) is 0.890. The van der Waals surface area contributed by atoms with Gasteiger partial charge in [-0.1, -0.05) is 12.5 Å². The van der Waals surface area contributed by atoms with Crippen LogP contribution in [0.4, 0.5) is 0 Å². The summed E-state index contributed by atoms with van der Waals surface area (Å²) in [6.07, 6.45) is 7.40. The van der Waals surface area contributed by atoms with E-state index >= 15 is 0 Å². The van der Waals surface area contributed by atoms with Gasteiger partial charge in [0.25, 0.3) is 0 Å². The zero-order valence-corrected chi connectivity index (χ0v) is 14.1. The molecule has 0 saturated carbocycles. The molecule has 0 radical (unpaired) electrons. The number of piperidine rings is 1. The van der Waals surface area contributed by atoms with Gasteiger partial charge in [-0.3, -0.25) is 4.79 Å². The molecule has 0 bridgehead atoms. The first-order valence-electron chi connectivity index (χ1n) is 8.75. The Balaban J connectivity index is 1.40. The number of carbonyl (C=O) groups excluding carboxylic acids is 1. The lowest BCUT2D eigenvalue weighted by atomic mass is 10.1. The van der Waals surface area contributed by atoms with E-state index in [9.17, 15) is 4.79 Å². The highest BCUT2D eigenvalue weighted by atomic mass is 16.1. The predicted octanol–water partition coefficient (Wildman–Crippen LogP) is 2.71. The van der Waals surface area contributed by atoms with Crippen LogP contribution in [0.2, 0.25) is 0 Å². The highest BCUT2D eigenvalue weighted by molar-refractivity contribution is 5.81. The van der Waals surface area contributed by atoms with Crippen LogP contribution in [0.25, 0.3) is 10.9 Å². The molecule has 4 nitrogen and oxygen atoms in total. The van der Waals surface area contributed by atoms with Gasteiger partial charge in [0.15, 0.2) is 0 Å². The molecule has 3 rings (SSSR count). The number of rotatable bonds is 6. The molecule has 4 heteroatoms. The van der Waals surface area contributed by atoms with Gasteiger partial charge in [-0.05, 0) is 61.5 Å². The number of benzene rings is 1. The Bertz CT molecular complexity index is 656. The van der Waals surface area contributed by atoms with Gasteiger partial charge in [0.2, 0.25) is 5.91 Å². The first-order chi connectivity index (χ1) is 11.2. The molecule has 124 valence electrons. The molecule has 1 aromatic heterocycles. The van der Waals surface area contributed by atoms with Gasteiger partial charge in [0.05, 0.1) is 0 Å². The monoisotopic (exact) mass is 313 g/mol. The number of nitrogens with zero attached hydrogens (tertiary/aromatic N) is 2. The lowest BCUT2D eigenvalue weighted by Crippen LogP contribution is -2.37. The van der Waals surface area contributed by atoms with E-state index in [1.807, 2.05) is 0 Å². The maximum absolute atomic E-state index is 12.0. The first-order valence-corrected chi connectivity index (χ1v) is 8.75. The second kappa shape index (κ2) is 7.64. The van der Waals surface area contributed by atoms with Crippen LogP contribution in [0.5, 0.6) is 0 Å².